The number of methoxy groups -OCH3 is 1. The monoisotopic (exact) mass is 394 g/mol. The Kier molecular flexibility index (Phi) is 6.66. The molecular formula is C20H21F3N2O3. The zero-order valence-corrected chi connectivity index (χ0v) is 15.6. The molecule has 0 heterocycles. The van der Waals surface area contributed by atoms with Gasteiger partial charge in [0, 0.05) is 5.69 Å². The van der Waals surface area contributed by atoms with Gasteiger partial charge in [-0.05, 0) is 42.3 Å². The topological polar surface area (TPSA) is 67.4 Å². The number of ether oxygens (including phenoxy) is 1. The maximum absolute atomic E-state index is 12.6. The average Bonchev–Trinajstić information content (AvgIpc) is 2.65. The number of alkyl halides is 3. The number of para-hydroxylation sites is 1. The number of carbonyl (C=O) groups excluding carboxylic acids is 2. The number of halogens is 3. The third kappa shape index (κ3) is 5.25. The predicted octanol–water partition coefficient (Wildman–Crippen LogP) is 4.11. The van der Waals surface area contributed by atoms with Crippen LogP contribution < -0.4 is 15.4 Å². The van der Waals surface area contributed by atoms with Crippen LogP contribution in [0.1, 0.15) is 29.8 Å². The van der Waals surface area contributed by atoms with Crippen molar-refractivity contribution in [3.05, 3.63) is 59.7 Å². The Bertz CT molecular complexity index is 833. The molecule has 28 heavy (non-hydrogen) atoms. The number of hydrogen-bond acceptors (Lipinski definition) is 3. The number of hydrogen-bond donors (Lipinski definition) is 2. The first-order valence-electron chi connectivity index (χ1n) is 8.55. The summed E-state index contributed by atoms with van der Waals surface area (Å²) in [5, 5.41) is 5.19. The van der Waals surface area contributed by atoms with Gasteiger partial charge in [0.2, 0.25) is 5.91 Å². The SMILES string of the molecule is COc1ccccc1C(=O)N[C@H](C(=O)Nc1ccc(C(F)(F)F)cc1)C(C)C. The first-order valence-corrected chi connectivity index (χ1v) is 8.55. The minimum absolute atomic E-state index is 0.204. The van der Waals surface area contributed by atoms with Crippen molar-refractivity contribution < 1.29 is 27.5 Å². The van der Waals surface area contributed by atoms with Gasteiger partial charge >= 0.3 is 6.18 Å². The van der Waals surface area contributed by atoms with E-state index in [2.05, 4.69) is 10.6 Å². The van der Waals surface area contributed by atoms with Crippen molar-refractivity contribution in [2.75, 3.05) is 12.4 Å². The molecular weight excluding hydrogens is 373 g/mol. The number of benzene rings is 2. The van der Waals surface area contributed by atoms with Gasteiger partial charge < -0.3 is 15.4 Å². The van der Waals surface area contributed by atoms with E-state index in [9.17, 15) is 22.8 Å². The second kappa shape index (κ2) is 8.77. The van der Waals surface area contributed by atoms with Gasteiger partial charge in [0.1, 0.15) is 11.8 Å². The van der Waals surface area contributed by atoms with Crippen molar-refractivity contribution in [3.8, 4) is 5.75 Å². The van der Waals surface area contributed by atoms with Crippen LogP contribution in [0.5, 0.6) is 5.75 Å². The van der Waals surface area contributed by atoms with Gasteiger partial charge in [0.05, 0.1) is 18.2 Å². The van der Waals surface area contributed by atoms with Crippen molar-refractivity contribution >= 4 is 17.5 Å². The third-order valence-corrected chi connectivity index (χ3v) is 4.07. The Labute approximate surface area is 160 Å². The van der Waals surface area contributed by atoms with Crippen LogP contribution in [-0.4, -0.2) is 25.0 Å². The van der Waals surface area contributed by atoms with E-state index < -0.39 is 29.6 Å². The Morgan fingerprint density at radius 3 is 2.14 bits per heavy atom. The fourth-order valence-corrected chi connectivity index (χ4v) is 2.55. The number of nitrogens with one attached hydrogen (secondary N) is 2. The quantitative estimate of drug-likeness (QED) is 0.775. The molecule has 0 fully saturated rings. The minimum atomic E-state index is -4.45. The summed E-state index contributed by atoms with van der Waals surface area (Å²) in [5.74, 6) is -0.907. The predicted molar refractivity (Wildman–Crippen MR) is 99.2 cm³/mol. The van der Waals surface area contributed by atoms with E-state index in [0.717, 1.165) is 12.1 Å². The molecule has 0 aliphatic rings. The summed E-state index contributed by atoms with van der Waals surface area (Å²) in [5.41, 5.74) is -0.330. The van der Waals surface area contributed by atoms with Gasteiger partial charge in [0.25, 0.3) is 5.91 Å². The smallest absolute Gasteiger partial charge is 0.416 e. The summed E-state index contributed by atoms with van der Waals surface area (Å²) in [7, 11) is 1.43. The highest BCUT2D eigenvalue weighted by Gasteiger charge is 2.30. The fourth-order valence-electron chi connectivity index (χ4n) is 2.55. The van der Waals surface area contributed by atoms with Crippen LogP contribution >= 0.6 is 0 Å². The Balaban J connectivity index is 2.13. The van der Waals surface area contributed by atoms with E-state index in [1.807, 2.05) is 0 Å². The second-order valence-electron chi connectivity index (χ2n) is 6.46. The van der Waals surface area contributed by atoms with Gasteiger partial charge in [0.15, 0.2) is 0 Å². The third-order valence-electron chi connectivity index (χ3n) is 4.07. The van der Waals surface area contributed by atoms with Gasteiger partial charge in [-0.15, -0.1) is 0 Å². The van der Waals surface area contributed by atoms with Crippen LogP contribution in [0.15, 0.2) is 48.5 Å². The maximum Gasteiger partial charge on any atom is 0.416 e. The highest BCUT2D eigenvalue weighted by Crippen LogP contribution is 2.29. The molecule has 0 aliphatic heterocycles. The lowest BCUT2D eigenvalue weighted by molar-refractivity contribution is -0.137. The largest absolute Gasteiger partial charge is 0.496 e. The molecule has 0 saturated heterocycles. The molecule has 0 bridgehead atoms. The molecule has 0 aromatic heterocycles. The molecule has 0 aliphatic carbocycles. The first kappa shape index (κ1) is 21.3. The summed E-state index contributed by atoms with van der Waals surface area (Å²) in [6.45, 7) is 3.50. The van der Waals surface area contributed by atoms with E-state index in [-0.39, 0.29) is 17.2 Å². The standard InChI is InChI=1S/C20H21F3N2O3/c1-12(2)17(25-18(26)15-6-4-5-7-16(15)28-3)19(27)24-14-10-8-13(9-11-14)20(21,22)23/h4-12,17H,1-3H3,(H,24,27)(H,25,26)/t17-/m0/s1. The van der Waals surface area contributed by atoms with Crippen LogP contribution in [0.3, 0.4) is 0 Å². The lowest BCUT2D eigenvalue weighted by Crippen LogP contribution is -2.47. The van der Waals surface area contributed by atoms with Crippen molar-refractivity contribution in [1.82, 2.24) is 5.32 Å². The Morgan fingerprint density at radius 1 is 1.00 bits per heavy atom. The zero-order valence-electron chi connectivity index (χ0n) is 15.6. The van der Waals surface area contributed by atoms with Gasteiger partial charge in [-0.25, -0.2) is 0 Å². The molecule has 0 spiro atoms. The van der Waals surface area contributed by atoms with Crippen LogP contribution in [0.2, 0.25) is 0 Å². The lowest BCUT2D eigenvalue weighted by Gasteiger charge is -2.22. The molecule has 2 aromatic rings. The molecule has 2 rings (SSSR count). The molecule has 2 amide bonds. The number of amides is 2. The average molecular weight is 394 g/mol. The summed E-state index contributed by atoms with van der Waals surface area (Å²) >= 11 is 0. The summed E-state index contributed by atoms with van der Waals surface area (Å²) < 4.78 is 43.1. The van der Waals surface area contributed by atoms with E-state index in [1.165, 1.54) is 19.2 Å². The van der Waals surface area contributed by atoms with E-state index in [0.29, 0.717) is 5.75 Å². The number of anilines is 1. The van der Waals surface area contributed by atoms with Crippen molar-refractivity contribution in [3.63, 3.8) is 0 Å². The molecule has 2 N–H and O–H groups in total. The van der Waals surface area contributed by atoms with Gasteiger partial charge in [-0.3, -0.25) is 9.59 Å². The van der Waals surface area contributed by atoms with Gasteiger partial charge in [-0.1, -0.05) is 26.0 Å². The normalized spacial score (nSPS) is 12.4. The molecule has 0 saturated carbocycles. The molecule has 150 valence electrons. The van der Waals surface area contributed by atoms with E-state index >= 15 is 0 Å². The zero-order chi connectivity index (χ0) is 20.9. The van der Waals surface area contributed by atoms with Crippen molar-refractivity contribution in [1.29, 1.82) is 0 Å². The fraction of sp³-hybridized carbons (Fsp3) is 0.300. The summed E-state index contributed by atoms with van der Waals surface area (Å²) in [6.07, 6.45) is -4.45. The summed E-state index contributed by atoms with van der Waals surface area (Å²) in [6, 6.07) is 9.79. The number of carbonyl (C=O) groups is 2. The highest BCUT2D eigenvalue weighted by atomic mass is 19.4. The number of rotatable bonds is 6. The van der Waals surface area contributed by atoms with Crippen LogP contribution in [0.4, 0.5) is 18.9 Å². The van der Waals surface area contributed by atoms with Crippen molar-refractivity contribution in [2.24, 2.45) is 5.92 Å². The molecule has 8 heteroatoms. The van der Waals surface area contributed by atoms with E-state index in [1.54, 1.807) is 38.1 Å². The molecule has 0 unspecified atom stereocenters. The highest BCUT2D eigenvalue weighted by molar-refractivity contribution is 6.02. The first-order chi connectivity index (χ1) is 13.1. The second-order valence-corrected chi connectivity index (χ2v) is 6.46. The Hall–Kier alpha value is -3.03. The molecule has 5 nitrogen and oxygen atoms in total. The maximum atomic E-state index is 12.6. The molecule has 2 aromatic carbocycles. The van der Waals surface area contributed by atoms with Gasteiger partial charge in [-0.2, -0.15) is 13.2 Å². The Morgan fingerprint density at radius 2 is 1.61 bits per heavy atom. The van der Waals surface area contributed by atoms with Crippen LogP contribution in [0, 0.1) is 5.92 Å². The lowest BCUT2D eigenvalue weighted by atomic mass is 10.0. The van der Waals surface area contributed by atoms with E-state index in [4.69, 9.17) is 4.74 Å². The summed E-state index contributed by atoms with van der Waals surface area (Å²) in [4.78, 5) is 25.1. The van der Waals surface area contributed by atoms with Crippen LogP contribution in [0.25, 0.3) is 0 Å². The molecule has 1 atom stereocenters. The minimum Gasteiger partial charge on any atom is -0.496 e. The van der Waals surface area contributed by atoms with Crippen LogP contribution in [-0.2, 0) is 11.0 Å². The van der Waals surface area contributed by atoms with Crippen molar-refractivity contribution in [2.45, 2.75) is 26.1 Å². The molecule has 0 radical (unpaired) electrons.